The third-order valence-electron chi connectivity index (χ3n) is 1.91. The van der Waals surface area contributed by atoms with Crippen molar-refractivity contribution in [3.8, 4) is 5.75 Å². The van der Waals surface area contributed by atoms with Crippen LogP contribution in [0.3, 0.4) is 0 Å². The molecule has 0 aliphatic carbocycles. The first-order valence-corrected chi connectivity index (χ1v) is 4.72. The van der Waals surface area contributed by atoms with Crippen molar-refractivity contribution in [3.05, 3.63) is 40.4 Å². The minimum absolute atomic E-state index is 0.246. The van der Waals surface area contributed by atoms with E-state index in [1.165, 1.54) is 0 Å². The highest BCUT2D eigenvalue weighted by molar-refractivity contribution is 9.10. The predicted octanol–water partition coefficient (Wildman–Crippen LogP) is 2.65. The van der Waals surface area contributed by atoms with Crippen LogP contribution in [0.5, 0.6) is 5.75 Å². The molecule has 3 heteroatoms. The van der Waals surface area contributed by atoms with Gasteiger partial charge in [0.1, 0.15) is 5.75 Å². The van der Waals surface area contributed by atoms with Crippen LogP contribution in [0.1, 0.15) is 17.2 Å². The van der Waals surface area contributed by atoms with Crippen LogP contribution in [0.25, 0.3) is 0 Å². The molecule has 0 heterocycles. The fourth-order valence-electron chi connectivity index (χ4n) is 1.14. The number of phenols is 1. The number of nitrogens with two attached hydrogens (primary N) is 1. The molecule has 0 saturated heterocycles. The molecule has 0 radical (unpaired) electrons. The minimum atomic E-state index is -0.323. The van der Waals surface area contributed by atoms with Crippen LogP contribution in [0.15, 0.2) is 29.3 Å². The van der Waals surface area contributed by atoms with Gasteiger partial charge in [-0.15, -0.1) is 6.58 Å². The summed E-state index contributed by atoms with van der Waals surface area (Å²) < 4.78 is 0.912. The molecule has 0 saturated carbocycles. The molecule has 0 aromatic heterocycles. The molecule has 0 spiro atoms. The van der Waals surface area contributed by atoms with Gasteiger partial charge in [0.15, 0.2) is 0 Å². The second-order valence-corrected chi connectivity index (χ2v) is 3.84. The van der Waals surface area contributed by atoms with Crippen LogP contribution in [0.4, 0.5) is 0 Å². The first-order chi connectivity index (χ1) is 6.06. The first-order valence-electron chi connectivity index (χ1n) is 3.93. The summed E-state index contributed by atoms with van der Waals surface area (Å²) in [5.41, 5.74) is 7.24. The minimum Gasteiger partial charge on any atom is -0.507 e. The second-order valence-electron chi connectivity index (χ2n) is 2.92. The molecule has 3 N–H and O–H groups in total. The topological polar surface area (TPSA) is 46.2 Å². The molecule has 1 atom stereocenters. The Kier molecular flexibility index (Phi) is 3.12. The highest BCUT2D eigenvalue weighted by Gasteiger charge is 2.10. The van der Waals surface area contributed by atoms with E-state index in [0.717, 1.165) is 10.0 Å². The molecular formula is C10H12BrNO. The molecule has 13 heavy (non-hydrogen) atoms. The molecule has 0 aliphatic heterocycles. The maximum absolute atomic E-state index is 9.67. The van der Waals surface area contributed by atoms with Crippen molar-refractivity contribution in [1.82, 2.24) is 0 Å². The van der Waals surface area contributed by atoms with E-state index in [1.807, 2.05) is 13.0 Å². The summed E-state index contributed by atoms with van der Waals surface area (Å²) in [5, 5.41) is 9.67. The molecular weight excluding hydrogens is 230 g/mol. The summed E-state index contributed by atoms with van der Waals surface area (Å²) in [7, 11) is 0. The SMILES string of the molecule is C=C[C@H](N)c1cc(Br)cc(C)c1O. The van der Waals surface area contributed by atoms with Crippen LogP contribution in [-0.2, 0) is 0 Å². The zero-order valence-electron chi connectivity index (χ0n) is 7.42. The van der Waals surface area contributed by atoms with Gasteiger partial charge in [0.2, 0.25) is 0 Å². The smallest absolute Gasteiger partial charge is 0.123 e. The van der Waals surface area contributed by atoms with E-state index in [1.54, 1.807) is 12.1 Å². The van der Waals surface area contributed by atoms with Crippen LogP contribution in [0.2, 0.25) is 0 Å². The Bertz CT molecular complexity index is 336. The summed E-state index contributed by atoms with van der Waals surface area (Å²) in [6, 6.07) is 3.32. The highest BCUT2D eigenvalue weighted by Crippen LogP contribution is 2.30. The Morgan fingerprint density at radius 1 is 1.62 bits per heavy atom. The molecule has 2 nitrogen and oxygen atoms in total. The zero-order chi connectivity index (χ0) is 10.0. The van der Waals surface area contributed by atoms with E-state index in [0.29, 0.717) is 5.56 Å². The van der Waals surface area contributed by atoms with E-state index in [2.05, 4.69) is 22.5 Å². The molecule has 0 unspecified atom stereocenters. The van der Waals surface area contributed by atoms with Gasteiger partial charge < -0.3 is 10.8 Å². The van der Waals surface area contributed by atoms with Gasteiger partial charge in [-0.1, -0.05) is 22.0 Å². The van der Waals surface area contributed by atoms with Gasteiger partial charge in [-0.2, -0.15) is 0 Å². The number of hydrogen-bond acceptors (Lipinski definition) is 2. The Hall–Kier alpha value is -0.800. The number of aryl methyl sites for hydroxylation is 1. The molecule has 70 valence electrons. The van der Waals surface area contributed by atoms with Crippen molar-refractivity contribution in [3.63, 3.8) is 0 Å². The Balaban J connectivity index is 3.27. The average Bonchev–Trinajstić information content (AvgIpc) is 2.10. The van der Waals surface area contributed by atoms with Gasteiger partial charge >= 0.3 is 0 Å². The normalized spacial score (nSPS) is 12.5. The molecule has 0 aliphatic rings. The van der Waals surface area contributed by atoms with E-state index in [9.17, 15) is 5.11 Å². The monoisotopic (exact) mass is 241 g/mol. The lowest BCUT2D eigenvalue weighted by atomic mass is 10.0. The summed E-state index contributed by atoms with van der Waals surface area (Å²) in [4.78, 5) is 0. The van der Waals surface area contributed by atoms with Crippen molar-refractivity contribution < 1.29 is 5.11 Å². The van der Waals surface area contributed by atoms with Crippen LogP contribution in [-0.4, -0.2) is 5.11 Å². The lowest BCUT2D eigenvalue weighted by molar-refractivity contribution is 0.461. The fraction of sp³-hybridized carbons (Fsp3) is 0.200. The predicted molar refractivity (Wildman–Crippen MR) is 57.7 cm³/mol. The van der Waals surface area contributed by atoms with E-state index in [4.69, 9.17) is 5.73 Å². The Labute approximate surface area is 86.2 Å². The van der Waals surface area contributed by atoms with Gasteiger partial charge in [-0.25, -0.2) is 0 Å². The third kappa shape index (κ3) is 2.11. The number of benzene rings is 1. The summed E-state index contributed by atoms with van der Waals surface area (Å²) in [6.07, 6.45) is 1.60. The van der Waals surface area contributed by atoms with Crippen LogP contribution < -0.4 is 5.73 Å². The molecule has 0 amide bonds. The summed E-state index contributed by atoms with van der Waals surface area (Å²) in [6.45, 7) is 5.42. The quantitative estimate of drug-likeness (QED) is 0.783. The number of aromatic hydroxyl groups is 1. The maximum atomic E-state index is 9.67. The first kappa shape index (κ1) is 10.3. The van der Waals surface area contributed by atoms with Crippen molar-refractivity contribution in [2.24, 2.45) is 5.73 Å². The summed E-state index contributed by atoms with van der Waals surface area (Å²) >= 11 is 3.34. The fourth-order valence-corrected chi connectivity index (χ4v) is 1.73. The van der Waals surface area contributed by atoms with E-state index in [-0.39, 0.29) is 11.8 Å². The van der Waals surface area contributed by atoms with E-state index < -0.39 is 0 Å². The molecule has 1 aromatic carbocycles. The van der Waals surface area contributed by atoms with Gasteiger partial charge in [-0.3, -0.25) is 0 Å². The third-order valence-corrected chi connectivity index (χ3v) is 2.37. The Morgan fingerprint density at radius 3 is 2.77 bits per heavy atom. The largest absolute Gasteiger partial charge is 0.507 e. The highest BCUT2D eigenvalue weighted by atomic mass is 79.9. The van der Waals surface area contributed by atoms with Gasteiger partial charge in [0.25, 0.3) is 0 Å². The van der Waals surface area contributed by atoms with Crippen molar-refractivity contribution in [2.45, 2.75) is 13.0 Å². The maximum Gasteiger partial charge on any atom is 0.123 e. The van der Waals surface area contributed by atoms with Gasteiger partial charge in [0, 0.05) is 10.0 Å². The molecule has 1 rings (SSSR count). The lowest BCUT2D eigenvalue weighted by Gasteiger charge is -2.11. The Morgan fingerprint density at radius 2 is 2.23 bits per heavy atom. The van der Waals surface area contributed by atoms with Crippen LogP contribution >= 0.6 is 15.9 Å². The van der Waals surface area contributed by atoms with Crippen molar-refractivity contribution >= 4 is 15.9 Å². The molecule has 1 aromatic rings. The second kappa shape index (κ2) is 3.94. The van der Waals surface area contributed by atoms with Crippen LogP contribution in [0, 0.1) is 6.92 Å². The zero-order valence-corrected chi connectivity index (χ0v) is 9.01. The molecule has 0 bridgehead atoms. The number of rotatable bonds is 2. The molecule has 0 fully saturated rings. The average molecular weight is 242 g/mol. The number of halogens is 1. The van der Waals surface area contributed by atoms with Crippen molar-refractivity contribution in [2.75, 3.05) is 0 Å². The standard InChI is InChI=1S/C10H12BrNO/c1-3-9(12)8-5-7(11)4-6(2)10(8)13/h3-5,9,13H,1,12H2,2H3/t9-/m0/s1. The lowest BCUT2D eigenvalue weighted by Crippen LogP contribution is -2.07. The van der Waals surface area contributed by atoms with Gasteiger partial charge in [-0.05, 0) is 24.6 Å². The number of phenolic OH excluding ortho intramolecular Hbond substituents is 1. The van der Waals surface area contributed by atoms with Crippen molar-refractivity contribution in [1.29, 1.82) is 0 Å². The summed E-state index contributed by atoms with van der Waals surface area (Å²) in [5.74, 6) is 0.246. The number of hydrogen-bond donors (Lipinski definition) is 2. The van der Waals surface area contributed by atoms with E-state index >= 15 is 0 Å². The van der Waals surface area contributed by atoms with Gasteiger partial charge in [0.05, 0.1) is 6.04 Å².